The first-order valence-corrected chi connectivity index (χ1v) is 12.0. The minimum absolute atomic E-state index is 0.0502. The van der Waals surface area contributed by atoms with E-state index in [1.165, 1.54) is 11.1 Å². The summed E-state index contributed by atoms with van der Waals surface area (Å²) in [6, 6.07) is 16.0. The average Bonchev–Trinajstić information content (AvgIpc) is 3.22. The number of esters is 1. The Bertz CT molecular complexity index is 1100. The molecule has 0 saturated carbocycles. The number of ether oxygens (including phenoxy) is 1. The van der Waals surface area contributed by atoms with E-state index in [1.54, 1.807) is 18.7 Å². The quantitative estimate of drug-likeness (QED) is 0.344. The van der Waals surface area contributed by atoms with E-state index in [4.69, 9.17) is 4.74 Å². The van der Waals surface area contributed by atoms with E-state index in [2.05, 4.69) is 34.6 Å². The van der Waals surface area contributed by atoms with E-state index in [0.717, 1.165) is 22.2 Å². The number of hydrogen-bond acceptors (Lipinski definition) is 6. The van der Waals surface area contributed by atoms with Crippen LogP contribution in [0, 0.1) is 13.8 Å². The summed E-state index contributed by atoms with van der Waals surface area (Å²) in [6.07, 6.45) is 0.116. The maximum atomic E-state index is 12.4. The highest BCUT2D eigenvalue weighted by molar-refractivity contribution is 7.98. The second-order valence-corrected chi connectivity index (χ2v) is 8.76. The van der Waals surface area contributed by atoms with Crippen LogP contribution >= 0.6 is 11.8 Å². The number of rotatable bonds is 10. The van der Waals surface area contributed by atoms with Crippen molar-refractivity contribution in [3.8, 4) is 5.69 Å². The number of carbonyl (C=O) groups is 2. The highest BCUT2D eigenvalue weighted by atomic mass is 32.2. The molecule has 1 amide bonds. The Kier molecular flexibility index (Phi) is 8.65. The van der Waals surface area contributed by atoms with Gasteiger partial charge in [-0.1, -0.05) is 53.7 Å². The molecule has 0 spiro atoms. The SMILES string of the molecule is CCOC(=O)CCC(=O)NC(C)c1nnc(SCc2ccccc2C)n1-c1ccc(C)cc1. The molecule has 1 heterocycles. The third-order valence-electron chi connectivity index (χ3n) is 5.19. The number of amides is 1. The van der Waals surface area contributed by atoms with Crippen LogP contribution in [-0.2, 0) is 20.1 Å². The lowest BCUT2D eigenvalue weighted by Crippen LogP contribution is -2.29. The molecule has 1 aromatic heterocycles. The highest BCUT2D eigenvalue weighted by Gasteiger charge is 2.21. The van der Waals surface area contributed by atoms with Crippen LogP contribution < -0.4 is 5.32 Å². The molecular weight excluding hydrogens is 436 g/mol. The first-order chi connectivity index (χ1) is 15.9. The summed E-state index contributed by atoms with van der Waals surface area (Å²) in [7, 11) is 0. The summed E-state index contributed by atoms with van der Waals surface area (Å²) in [5.74, 6) is 0.786. The topological polar surface area (TPSA) is 86.1 Å². The fourth-order valence-electron chi connectivity index (χ4n) is 3.33. The van der Waals surface area contributed by atoms with Crippen molar-refractivity contribution in [2.75, 3.05) is 6.61 Å². The smallest absolute Gasteiger partial charge is 0.306 e. The van der Waals surface area contributed by atoms with Gasteiger partial charge in [0.2, 0.25) is 5.91 Å². The zero-order valence-corrected chi connectivity index (χ0v) is 20.3. The van der Waals surface area contributed by atoms with E-state index in [-0.39, 0.29) is 30.8 Å². The first kappa shape index (κ1) is 24.5. The number of aryl methyl sites for hydroxylation is 2. The molecule has 0 fully saturated rings. The Morgan fingerprint density at radius 3 is 2.48 bits per heavy atom. The molecule has 0 aliphatic rings. The Hall–Kier alpha value is -3.13. The first-order valence-electron chi connectivity index (χ1n) is 11.0. The fraction of sp³-hybridized carbons (Fsp3) is 0.360. The average molecular weight is 467 g/mol. The Morgan fingerprint density at radius 2 is 1.79 bits per heavy atom. The molecule has 33 heavy (non-hydrogen) atoms. The molecule has 1 N–H and O–H groups in total. The number of benzene rings is 2. The number of aromatic nitrogens is 3. The monoisotopic (exact) mass is 466 g/mol. The third kappa shape index (κ3) is 6.68. The van der Waals surface area contributed by atoms with E-state index in [0.29, 0.717) is 12.4 Å². The molecule has 8 heteroatoms. The van der Waals surface area contributed by atoms with Crippen LogP contribution in [0.2, 0.25) is 0 Å². The van der Waals surface area contributed by atoms with Gasteiger partial charge in [-0.2, -0.15) is 0 Å². The Balaban J connectivity index is 1.80. The largest absolute Gasteiger partial charge is 0.466 e. The van der Waals surface area contributed by atoms with Gasteiger partial charge in [0.1, 0.15) is 0 Å². The lowest BCUT2D eigenvalue weighted by atomic mass is 10.1. The van der Waals surface area contributed by atoms with Crippen molar-refractivity contribution in [2.45, 2.75) is 57.5 Å². The highest BCUT2D eigenvalue weighted by Crippen LogP contribution is 2.28. The molecule has 1 atom stereocenters. The van der Waals surface area contributed by atoms with E-state index >= 15 is 0 Å². The number of thioether (sulfide) groups is 1. The molecule has 174 valence electrons. The molecule has 7 nitrogen and oxygen atoms in total. The van der Waals surface area contributed by atoms with Gasteiger partial charge in [-0.15, -0.1) is 10.2 Å². The Labute approximate surface area is 198 Å². The van der Waals surface area contributed by atoms with Crippen molar-refractivity contribution in [1.29, 1.82) is 0 Å². The van der Waals surface area contributed by atoms with Crippen LogP contribution in [0.5, 0.6) is 0 Å². The van der Waals surface area contributed by atoms with Crippen LogP contribution in [0.3, 0.4) is 0 Å². The molecule has 3 aromatic rings. The van der Waals surface area contributed by atoms with Gasteiger partial charge in [-0.25, -0.2) is 0 Å². The van der Waals surface area contributed by atoms with Crippen molar-refractivity contribution >= 4 is 23.6 Å². The minimum Gasteiger partial charge on any atom is -0.466 e. The van der Waals surface area contributed by atoms with Gasteiger partial charge in [-0.3, -0.25) is 14.2 Å². The van der Waals surface area contributed by atoms with E-state index in [9.17, 15) is 9.59 Å². The van der Waals surface area contributed by atoms with Crippen molar-refractivity contribution in [2.24, 2.45) is 0 Å². The number of hydrogen-bond donors (Lipinski definition) is 1. The van der Waals surface area contributed by atoms with Gasteiger partial charge in [0.15, 0.2) is 11.0 Å². The molecule has 3 rings (SSSR count). The van der Waals surface area contributed by atoms with Crippen molar-refractivity contribution in [1.82, 2.24) is 20.1 Å². The molecule has 0 saturated heterocycles. The standard InChI is InChI=1S/C25H30N4O3S/c1-5-32-23(31)15-14-22(30)26-19(4)24-27-28-25(29(24)21-12-10-17(2)11-13-21)33-16-20-9-7-6-8-18(20)3/h6-13,19H,5,14-16H2,1-4H3,(H,26,30). The van der Waals surface area contributed by atoms with Crippen LogP contribution in [0.1, 0.15) is 55.2 Å². The van der Waals surface area contributed by atoms with Crippen molar-refractivity contribution in [3.05, 3.63) is 71.0 Å². The third-order valence-corrected chi connectivity index (χ3v) is 6.17. The maximum Gasteiger partial charge on any atom is 0.306 e. The van der Waals surface area contributed by atoms with Crippen LogP contribution in [0.15, 0.2) is 53.7 Å². The lowest BCUT2D eigenvalue weighted by molar-refractivity contribution is -0.144. The molecule has 0 bridgehead atoms. The summed E-state index contributed by atoms with van der Waals surface area (Å²) in [6.45, 7) is 8.05. The summed E-state index contributed by atoms with van der Waals surface area (Å²) in [5, 5.41) is 12.5. The van der Waals surface area contributed by atoms with Crippen LogP contribution in [0.4, 0.5) is 0 Å². The summed E-state index contributed by atoms with van der Waals surface area (Å²) in [5.41, 5.74) is 4.56. The summed E-state index contributed by atoms with van der Waals surface area (Å²) in [4.78, 5) is 24.0. The number of carbonyl (C=O) groups excluding carboxylic acids is 2. The van der Waals surface area contributed by atoms with E-state index in [1.807, 2.05) is 54.8 Å². The molecule has 2 aromatic carbocycles. The maximum absolute atomic E-state index is 12.4. The lowest BCUT2D eigenvalue weighted by Gasteiger charge is -2.16. The second-order valence-electron chi connectivity index (χ2n) is 7.82. The summed E-state index contributed by atoms with van der Waals surface area (Å²) >= 11 is 1.61. The van der Waals surface area contributed by atoms with Gasteiger partial charge >= 0.3 is 5.97 Å². The molecule has 0 radical (unpaired) electrons. The van der Waals surface area contributed by atoms with E-state index < -0.39 is 0 Å². The molecule has 1 unspecified atom stereocenters. The molecule has 0 aliphatic carbocycles. The van der Waals surface area contributed by atoms with Crippen LogP contribution in [0.25, 0.3) is 5.69 Å². The van der Waals surface area contributed by atoms with Gasteiger partial charge in [-0.05, 0) is 51.0 Å². The van der Waals surface area contributed by atoms with Gasteiger partial charge in [0, 0.05) is 17.9 Å². The number of nitrogens with zero attached hydrogens (tertiary/aromatic N) is 3. The van der Waals surface area contributed by atoms with Gasteiger partial charge in [0.05, 0.1) is 19.1 Å². The van der Waals surface area contributed by atoms with Gasteiger partial charge in [0.25, 0.3) is 0 Å². The Morgan fingerprint density at radius 1 is 1.06 bits per heavy atom. The van der Waals surface area contributed by atoms with Gasteiger partial charge < -0.3 is 10.1 Å². The zero-order chi connectivity index (χ0) is 23.8. The normalized spacial score (nSPS) is 11.8. The van der Waals surface area contributed by atoms with Crippen molar-refractivity contribution in [3.63, 3.8) is 0 Å². The summed E-state index contributed by atoms with van der Waals surface area (Å²) < 4.78 is 6.88. The molecule has 0 aliphatic heterocycles. The predicted octanol–water partition coefficient (Wildman–Crippen LogP) is 4.70. The van der Waals surface area contributed by atoms with Crippen LogP contribution in [-0.4, -0.2) is 33.2 Å². The number of nitrogens with one attached hydrogen (secondary N) is 1. The fourth-order valence-corrected chi connectivity index (χ4v) is 4.37. The molecular formula is C25H30N4O3S. The minimum atomic E-state index is -0.388. The second kappa shape index (κ2) is 11.7. The predicted molar refractivity (Wildman–Crippen MR) is 129 cm³/mol. The van der Waals surface area contributed by atoms with Crippen molar-refractivity contribution < 1.29 is 14.3 Å². The zero-order valence-electron chi connectivity index (χ0n) is 19.5.